The van der Waals surface area contributed by atoms with E-state index in [4.69, 9.17) is 9.47 Å². The van der Waals surface area contributed by atoms with Crippen LogP contribution >= 0.6 is 0 Å². The summed E-state index contributed by atoms with van der Waals surface area (Å²) in [6.45, 7) is 0. The van der Waals surface area contributed by atoms with Gasteiger partial charge in [0.1, 0.15) is 0 Å². The molecule has 0 saturated heterocycles. The van der Waals surface area contributed by atoms with E-state index < -0.39 is 28.0 Å². The maximum atomic E-state index is 13.4. The number of hydrogen-bond acceptors (Lipinski definition) is 7. The lowest BCUT2D eigenvalue weighted by atomic mass is 10.1. The number of hydrogen-bond donors (Lipinski definition) is 0. The van der Waals surface area contributed by atoms with Crippen molar-refractivity contribution in [1.82, 2.24) is 14.8 Å². The van der Waals surface area contributed by atoms with Crippen LogP contribution in [0.3, 0.4) is 0 Å². The first kappa shape index (κ1) is 20.8. The van der Waals surface area contributed by atoms with Crippen molar-refractivity contribution in [3.63, 3.8) is 0 Å². The van der Waals surface area contributed by atoms with Crippen molar-refractivity contribution >= 4 is 5.69 Å². The van der Waals surface area contributed by atoms with Crippen LogP contribution in [-0.2, 0) is 13.2 Å². The Labute approximate surface area is 166 Å². The first-order valence-corrected chi connectivity index (χ1v) is 8.20. The summed E-state index contributed by atoms with van der Waals surface area (Å²) < 4.78 is 51.2. The number of halogens is 3. The van der Waals surface area contributed by atoms with Crippen molar-refractivity contribution < 1.29 is 32.3 Å². The molecule has 0 radical (unpaired) electrons. The van der Waals surface area contributed by atoms with Crippen LogP contribution in [-0.4, -0.2) is 33.9 Å². The fraction of sp³-hybridized carbons (Fsp3) is 0.235. The fourth-order valence-electron chi connectivity index (χ4n) is 2.97. The van der Waals surface area contributed by atoms with Crippen molar-refractivity contribution in [2.75, 3.05) is 14.2 Å². The molecule has 2 aromatic heterocycles. The van der Waals surface area contributed by atoms with Crippen LogP contribution in [0.25, 0.3) is 22.8 Å². The van der Waals surface area contributed by atoms with E-state index in [0.717, 1.165) is 24.4 Å². The van der Waals surface area contributed by atoms with E-state index in [0.29, 0.717) is 0 Å². The molecule has 3 rings (SSSR count). The minimum absolute atomic E-state index is 0.0171. The predicted molar refractivity (Wildman–Crippen MR) is 95.6 cm³/mol. The van der Waals surface area contributed by atoms with Gasteiger partial charge < -0.3 is 19.2 Å². The highest BCUT2D eigenvalue weighted by atomic mass is 19.4. The normalized spacial score (nSPS) is 11.4. The van der Waals surface area contributed by atoms with Gasteiger partial charge in [-0.25, -0.2) is 0 Å². The Hall–Kier alpha value is -3.90. The second-order valence-corrected chi connectivity index (χ2v) is 5.99. The third-order valence-electron chi connectivity index (χ3n) is 4.26. The maximum Gasteiger partial charge on any atom is 0.479 e. The van der Waals surface area contributed by atoms with Crippen molar-refractivity contribution in [3.05, 3.63) is 51.5 Å². The molecule has 30 heavy (non-hydrogen) atoms. The summed E-state index contributed by atoms with van der Waals surface area (Å²) in [5, 5.41) is 30.8. The molecule has 0 fully saturated rings. The Morgan fingerprint density at radius 1 is 1.17 bits per heavy atom. The van der Waals surface area contributed by atoms with E-state index in [-0.39, 0.29) is 33.4 Å². The minimum Gasteiger partial charge on any atom is -0.618 e. The minimum atomic E-state index is -4.94. The molecule has 1 aromatic carbocycles. The quantitative estimate of drug-likeness (QED) is 0.267. The number of benzene rings is 1. The van der Waals surface area contributed by atoms with Crippen molar-refractivity contribution in [2.45, 2.75) is 6.18 Å². The topological polar surface area (TPSA) is 119 Å². The molecule has 10 nitrogen and oxygen atoms in total. The first-order valence-electron chi connectivity index (χ1n) is 8.20. The van der Waals surface area contributed by atoms with Gasteiger partial charge in [-0.3, -0.25) is 10.1 Å². The molecule has 3 aromatic rings. The van der Waals surface area contributed by atoms with Crippen LogP contribution in [0.15, 0.2) is 30.5 Å². The Bertz CT molecular complexity index is 1130. The van der Waals surface area contributed by atoms with Crippen LogP contribution in [0.4, 0.5) is 18.9 Å². The summed E-state index contributed by atoms with van der Waals surface area (Å²) in [4.78, 5) is 10.7. The Kier molecular flexibility index (Phi) is 5.20. The van der Waals surface area contributed by atoms with Gasteiger partial charge in [-0.2, -0.15) is 17.9 Å². The van der Waals surface area contributed by atoms with Crippen molar-refractivity contribution in [2.24, 2.45) is 7.05 Å². The second kappa shape index (κ2) is 7.50. The predicted octanol–water partition coefficient (Wildman–Crippen LogP) is 2.73. The van der Waals surface area contributed by atoms with Gasteiger partial charge in [0.2, 0.25) is 5.75 Å². The van der Waals surface area contributed by atoms with Gasteiger partial charge in [-0.15, -0.1) is 10.2 Å². The van der Waals surface area contributed by atoms with E-state index in [9.17, 15) is 28.5 Å². The molecule has 0 saturated carbocycles. The molecule has 0 amide bonds. The number of methoxy groups -OCH3 is 2. The largest absolute Gasteiger partial charge is 0.618 e. The molecular weight excluding hydrogens is 411 g/mol. The zero-order valence-electron chi connectivity index (χ0n) is 15.8. The summed E-state index contributed by atoms with van der Waals surface area (Å²) in [6, 6.07) is 4.75. The zero-order chi connectivity index (χ0) is 22.2. The summed E-state index contributed by atoms with van der Waals surface area (Å²) in [7, 11) is 3.88. The molecule has 0 aliphatic carbocycles. The zero-order valence-corrected chi connectivity index (χ0v) is 15.8. The highest BCUT2D eigenvalue weighted by Crippen LogP contribution is 2.41. The van der Waals surface area contributed by atoms with E-state index >= 15 is 0 Å². The van der Waals surface area contributed by atoms with Gasteiger partial charge in [0.15, 0.2) is 23.6 Å². The number of pyridine rings is 1. The molecule has 13 heteroatoms. The van der Waals surface area contributed by atoms with Gasteiger partial charge >= 0.3 is 17.6 Å². The monoisotopic (exact) mass is 425 g/mol. The highest BCUT2D eigenvalue weighted by molar-refractivity contribution is 5.71. The number of ether oxygens (including phenoxy) is 2. The van der Waals surface area contributed by atoms with Gasteiger partial charge in [-0.1, -0.05) is 0 Å². The second-order valence-electron chi connectivity index (χ2n) is 5.99. The average Bonchev–Trinajstić information content (AvgIpc) is 3.06. The van der Waals surface area contributed by atoms with Crippen LogP contribution in [0, 0.1) is 15.3 Å². The number of rotatable bonds is 5. The van der Waals surface area contributed by atoms with E-state index in [1.807, 2.05) is 0 Å². The Morgan fingerprint density at radius 2 is 1.83 bits per heavy atom. The van der Waals surface area contributed by atoms with Crippen LogP contribution in [0.1, 0.15) is 5.69 Å². The summed E-state index contributed by atoms with van der Waals surface area (Å²) in [6.07, 6.45) is -4.21. The number of aromatic nitrogens is 4. The van der Waals surface area contributed by atoms with Crippen molar-refractivity contribution in [1.29, 1.82) is 0 Å². The Morgan fingerprint density at radius 3 is 2.40 bits per heavy atom. The Balaban J connectivity index is 2.23. The van der Waals surface area contributed by atoms with E-state index in [1.54, 1.807) is 0 Å². The van der Waals surface area contributed by atoms with Crippen LogP contribution in [0.2, 0.25) is 0 Å². The van der Waals surface area contributed by atoms with Crippen LogP contribution in [0.5, 0.6) is 11.5 Å². The average molecular weight is 425 g/mol. The van der Waals surface area contributed by atoms with Gasteiger partial charge in [0.05, 0.1) is 24.7 Å². The van der Waals surface area contributed by atoms with Gasteiger partial charge in [0, 0.05) is 24.7 Å². The summed E-state index contributed by atoms with van der Waals surface area (Å²) in [5.41, 5.74) is -2.22. The highest BCUT2D eigenvalue weighted by Gasteiger charge is 2.44. The third kappa shape index (κ3) is 3.44. The molecule has 0 spiro atoms. The van der Waals surface area contributed by atoms with Gasteiger partial charge in [-0.05, 0) is 12.1 Å². The third-order valence-corrected chi connectivity index (χ3v) is 4.26. The smallest absolute Gasteiger partial charge is 0.479 e. The fourth-order valence-corrected chi connectivity index (χ4v) is 2.97. The lowest BCUT2D eigenvalue weighted by molar-refractivity contribution is -0.628. The number of nitro groups is 1. The van der Waals surface area contributed by atoms with Crippen molar-refractivity contribution in [3.8, 4) is 34.3 Å². The molecule has 0 atom stereocenters. The van der Waals surface area contributed by atoms with E-state index in [1.165, 1.54) is 31.9 Å². The number of nitro benzene ring substituents is 1. The number of alkyl halides is 3. The molecule has 0 unspecified atom stereocenters. The molecule has 0 bridgehead atoms. The molecule has 0 aliphatic heterocycles. The summed E-state index contributed by atoms with van der Waals surface area (Å²) >= 11 is 0. The van der Waals surface area contributed by atoms with E-state index in [2.05, 4.69) is 10.2 Å². The molecule has 0 aliphatic rings. The standard InChI is InChI=1S/C17H14F3N5O5/c1-23-15(9-7-11(25(27)28)13(30-3)12(8-9)29-2)21-22-16(23)10-5-4-6-24(26)14(10)17(18,19)20/h4-8H,1-3H3. The van der Waals surface area contributed by atoms with Crippen LogP contribution < -0.4 is 14.2 Å². The molecular formula is C17H14F3N5O5. The lowest BCUT2D eigenvalue weighted by Gasteiger charge is -2.12. The van der Waals surface area contributed by atoms with Gasteiger partial charge in [0.25, 0.3) is 0 Å². The lowest BCUT2D eigenvalue weighted by Crippen LogP contribution is -2.37. The maximum absolute atomic E-state index is 13.4. The SMILES string of the molecule is COc1cc(-c2nnc(-c3ccc[n+]([O-])c3C(F)(F)F)n2C)cc([N+](=O)[O-])c1OC. The molecule has 158 valence electrons. The summed E-state index contributed by atoms with van der Waals surface area (Å²) in [5.74, 6) is -0.328. The first-order chi connectivity index (χ1) is 14.1. The number of nitrogens with zero attached hydrogens (tertiary/aromatic N) is 5. The molecule has 0 N–H and O–H groups in total. The molecule has 2 heterocycles.